The van der Waals surface area contributed by atoms with Gasteiger partial charge in [0.1, 0.15) is 5.54 Å². The first kappa shape index (κ1) is 15.7. The van der Waals surface area contributed by atoms with Crippen molar-refractivity contribution in [2.75, 3.05) is 52.5 Å². The van der Waals surface area contributed by atoms with E-state index in [2.05, 4.69) is 28.1 Å². The van der Waals surface area contributed by atoms with Crippen LogP contribution in [0.1, 0.15) is 26.7 Å². The topological polar surface area (TPSA) is 51.5 Å². The van der Waals surface area contributed by atoms with Gasteiger partial charge in [0.2, 0.25) is 0 Å². The quantitative estimate of drug-likeness (QED) is 0.775. The first-order chi connectivity index (χ1) is 9.67. The molecule has 1 N–H and O–H groups in total. The second-order valence-corrected chi connectivity index (χ2v) is 6.20. The molecule has 0 aromatic carbocycles. The standard InChI is InChI=1S/C15H28N4O/c1-3-5-17-15(2,12-16)13-18-6-4-14(11-18)19-7-9-20-10-8-19/h14,17H,3-11,13H2,1-2H3. The molecule has 2 rings (SSSR count). The zero-order valence-electron chi connectivity index (χ0n) is 12.9. The van der Waals surface area contributed by atoms with Crippen LogP contribution in [-0.4, -0.2) is 73.9 Å². The molecule has 0 radical (unpaired) electrons. The minimum Gasteiger partial charge on any atom is -0.379 e. The van der Waals surface area contributed by atoms with Crippen LogP contribution in [0.2, 0.25) is 0 Å². The Hall–Kier alpha value is -0.670. The van der Waals surface area contributed by atoms with Gasteiger partial charge in [0.25, 0.3) is 0 Å². The molecule has 2 fully saturated rings. The van der Waals surface area contributed by atoms with Gasteiger partial charge in [0.15, 0.2) is 0 Å². The fourth-order valence-corrected chi connectivity index (χ4v) is 3.18. The molecule has 2 aliphatic rings. The van der Waals surface area contributed by atoms with Crippen molar-refractivity contribution in [3.63, 3.8) is 0 Å². The van der Waals surface area contributed by atoms with Gasteiger partial charge in [-0.25, -0.2) is 0 Å². The van der Waals surface area contributed by atoms with E-state index in [-0.39, 0.29) is 0 Å². The van der Waals surface area contributed by atoms with E-state index in [0.29, 0.717) is 6.04 Å². The molecule has 0 spiro atoms. The molecular weight excluding hydrogens is 252 g/mol. The third kappa shape index (κ3) is 4.16. The number of nitrogens with one attached hydrogen (secondary N) is 1. The molecule has 2 heterocycles. The second kappa shape index (κ2) is 7.37. The largest absolute Gasteiger partial charge is 0.379 e. The van der Waals surface area contributed by atoms with Crippen LogP contribution in [0.5, 0.6) is 0 Å². The Kier molecular flexibility index (Phi) is 5.79. The van der Waals surface area contributed by atoms with Crippen molar-refractivity contribution in [3.8, 4) is 6.07 Å². The molecule has 2 aliphatic heterocycles. The van der Waals surface area contributed by atoms with E-state index in [4.69, 9.17) is 4.74 Å². The van der Waals surface area contributed by atoms with Gasteiger partial charge in [-0.2, -0.15) is 5.26 Å². The lowest BCUT2D eigenvalue weighted by Crippen LogP contribution is -2.51. The van der Waals surface area contributed by atoms with Crippen LogP contribution in [0.15, 0.2) is 0 Å². The maximum atomic E-state index is 9.42. The van der Waals surface area contributed by atoms with Crippen molar-refractivity contribution in [2.24, 2.45) is 0 Å². The summed E-state index contributed by atoms with van der Waals surface area (Å²) in [6.45, 7) is 11.9. The van der Waals surface area contributed by atoms with Gasteiger partial charge in [-0.1, -0.05) is 6.92 Å². The highest BCUT2D eigenvalue weighted by atomic mass is 16.5. The summed E-state index contributed by atoms with van der Waals surface area (Å²) in [5.41, 5.74) is -0.421. The van der Waals surface area contributed by atoms with Crippen LogP contribution < -0.4 is 5.32 Å². The average Bonchev–Trinajstić information content (AvgIpc) is 2.94. The van der Waals surface area contributed by atoms with E-state index in [1.807, 2.05) is 6.92 Å². The first-order valence-electron chi connectivity index (χ1n) is 7.87. The Balaban J connectivity index is 1.81. The third-order valence-electron chi connectivity index (χ3n) is 4.36. The molecule has 2 saturated heterocycles. The molecule has 114 valence electrons. The monoisotopic (exact) mass is 280 g/mol. The third-order valence-corrected chi connectivity index (χ3v) is 4.36. The Labute approximate surface area is 122 Å². The molecule has 0 aromatic heterocycles. The van der Waals surface area contributed by atoms with Gasteiger partial charge in [0, 0.05) is 32.2 Å². The van der Waals surface area contributed by atoms with Crippen molar-refractivity contribution >= 4 is 0 Å². The Morgan fingerprint density at radius 2 is 2.10 bits per heavy atom. The van der Waals surface area contributed by atoms with Crippen LogP contribution in [0, 0.1) is 11.3 Å². The summed E-state index contributed by atoms with van der Waals surface area (Å²) in [5, 5.41) is 12.8. The lowest BCUT2D eigenvalue weighted by molar-refractivity contribution is 0.0182. The van der Waals surface area contributed by atoms with Crippen LogP contribution >= 0.6 is 0 Å². The molecule has 0 aliphatic carbocycles. The number of likely N-dealkylation sites (tertiary alicyclic amines) is 1. The fraction of sp³-hybridized carbons (Fsp3) is 0.933. The van der Waals surface area contributed by atoms with Gasteiger partial charge in [-0.3, -0.25) is 15.1 Å². The molecule has 2 unspecified atom stereocenters. The van der Waals surface area contributed by atoms with Crippen LogP contribution in [-0.2, 0) is 4.74 Å². The Bertz CT molecular complexity index is 337. The number of hydrogen-bond donors (Lipinski definition) is 1. The van der Waals surface area contributed by atoms with E-state index in [1.54, 1.807) is 0 Å². The molecule has 5 heteroatoms. The van der Waals surface area contributed by atoms with Gasteiger partial charge < -0.3 is 4.74 Å². The zero-order valence-corrected chi connectivity index (χ0v) is 12.9. The predicted octanol–water partition coefficient (Wildman–Crippen LogP) is 0.675. The molecule has 20 heavy (non-hydrogen) atoms. The maximum absolute atomic E-state index is 9.42. The first-order valence-corrected chi connectivity index (χ1v) is 7.87. The number of rotatable bonds is 6. The molecule has 2 atom stereocenters. The van der Waals surface area contributed by atoms with Crippen molar-refractivity contribution in [1.82, 2.24) is 15.1 Å². The van der Waals surface area contributed by atoms with Crippen molar-refractivity contribution in [2.45, 2.75) is 38.3 Å². The summed E-state index contributed by atoms with van der Waals surface area (Å²) in [5.74, 6) is 0. The highest BCUT2D eigenvalue weighted by Gasteiger charge is 2.33. The van der Waals surface area contributed by atoms with E-state index >= 15 is 0 Å². The zero-order chi connectivity index (χ0) is 14.4. The van der Waals surface area contributed by atoms with Crippen LogP contribution in [0.3, 0.4) is 0 Å². The maximum Gasteiger partial charge on any atom is 0.116 e. The number of ether oxygens (including phenoxy) is 1. The molecule has 0 saturated carbocycles. The van der Waals surface area contributed by atoms with Crippen LogP contribution in [0.4, 0.5) is 0 Å². The van der Waals surface area contributed by atoms with E-state index < -0.39 is 5.54 Å². The molecular formula is C15H28N4O. The number of hydrogen-bond acceptors (Lipinski definition) is 5. The van der Waals surface area contributed by atoms with Crippen LogP contribution in [0.25, 0.3) is 0 Å². The minimum atomic E-state index is -0.421. The number of morpholine rings is 1. The SMILES string of the molecule is CCCNC(C)(C#N)CN1CCC(N2CCOCC2)C1. The molecule has 0 aromatic rings. The highest BCUT2D eigenvalue weighted by molar-refractivity contribution is 5.06. The van der Waals surface area contributed by atoms with E-state index in [9.17, 15) is 5.26 Å². The summed E-state index contributed by atoms with van der Waals surface area (Å²) in [7, 11) is 0. The average molecular weight is 280 g/mol. The van der Waals surface area contributed by atoms with Crippen molar-refractivity contribution in [1.29, 1.82) is 5.26 Å². The summed E-state index contributed by atoms with van der Waals surface area (Å²) in [6.07, 6.45) is 2.28. The van der Waals surface area contributed by atoms with Crippen molar-refractivity contribution in [3.05, 3.63) is 0 Å². The Morgan fingerprint density at radius 1 is 1.35 bits per heavy atom. The normalized spacial score (nSPS) is 28.1. The molecule has 5 nitrogen and oxygen atoms in total. The Morgan fingerprint density at radius 3 is 2.75 bits per heavy atom. The summed E-state index contributed by atoms with van der Waals surface area (Å²) in [6, 6.07) is 3.09. The van der Waals surface area contributed by atoms with Crippen molar-refractivity contribution < 1.29 is 4.74 Å². The van der Waals surface area contributed by atoms with E-state index in [1.165, 1.54) is 6.42 Å². The number of nitrogens with zero attached hydrogens (tertiary/aromatic N) is 3. The second-order valence-electron chi connectivity index (χ2n) is 6.20. The summed E-state index contributed by atoms with van der Waals surface area (Å²) >= 11 is 0. The fourth-order valence-electron chi connectivity index (χ4n) is 3.18. The van der Waals surface area contributed by atoms with Gasteiger partial charge in [-0.05, 0) is 32.9 Å². The number of nitriles is 1. The summed E-state index contributed by atoms with van der Waals surface area (Å²) < 4.78 is 5.42. The molecule has 0 amide bonds. The smallest absolute Gasteiger partial charge is 0.116 e. The highest BCUT2D eigenvalue weighted by Crippen LogP contribution is 2.19. The minimum absolute atomic E-state index is 0.421. The summed E-state index contributed by atoms with van der Waals surface area (Å²) in [4.78, 5) is 4.98. The lowest BCUT2D eigenvalue weighted by atomic mass is 10.0. The lowest BCUT2D eigenvalue weighted by Gasteiger charge is -2.33. The van der Waals surface area contributed by atoms with Gasteiger partial charge in [-0.15, -0.1) is 0 Å². The van der Waals surface area contributed by atoms with Gasteiger partial charge in [0.05, 0.1) is 19.3 Å². The van der Waals surface area contributed by atoms with E-state index in [0.717, 1.165) is 58.9 Å². The van der Waals surface area contributed by atoms with Gasteiger partial charge >= 0.3 is 0 Å². The predicted molar refractivity (Wildman–Crippen MR) is 79.5 cm³/mol. The molecule has 0 bridgehead atoms.